The third-order valence-corrected chi connectivity index (χ3v) is 4.33. The predicted molar refractivity (Wildman–Crippen MR) is 101 cm³/mol. The summed E-state index contributed by atoms with van der Waals surface area (Å²) in [4.78, 5) is 13.9. The molecule has 0 radical (unpaired) electrons. The third-order valence-electron chi connectivity index (χ3n) is 4.11. The number of morpholine rings is 1. The zero-order chi connectivity index (χ0) is 16.9. The Kier molecular flexibility index (Phi) is 5.68. The van der Waals surface area contributed by atoms with Gasteiger partial charge >= 0.3 is 0 Å². The number of hydrogen-bond acceptors (Lipinski definition) is 6. The molecule has 0 aromatic carbocycles. The highest BCUT2D eigenvalue weighted by atomic mass is 32.1. The second-order valence-corrected chi connectivity index (χ2v) is 6.86. The van der Waals surface area contributed by atoms with Crippen LogP contribution in [-0.4, -0.2) is 60.5 Å². The smallest absolute Gasteiger partial charge is 0.232 e. The summed E-state index contributed by atoms with van der Waals surface area (Å²) in [7, 11) is 0. The molecule has 2 aliphatic heterocycles. The summed E-state index contributed by atoms with van der Waals surface area (Å²) in [6.45, 7) is 9.37. The first-order chi connectivity index (χ1) is 11.6. The Bertz CT molecular complexity index is 570. The van der Waals surface area contributed by atoms with Crippen molar-refractivity contribution in [3.8, 4) is 0 Å². The molecule has 0 spiro atoms. The molecule has 24 heavy (non-hydrogen) atoms. The number of nitrogens with one attached hydrogen (secondary N) is 2. The molecule has 0 aliphatic carbocycles. The summed E-state index contributed by atoms with van der Waals surface area (Å²) < 4.78 is 5.45. The molecule has 1 aromatic heterocycles. The number of aromatic nitrogens is 2. The van der Waals surface area contributed by atoms with Crippen molar-refractivity contribution in [1.29, 1.82) is 0 Å². The molecule has 8 heteroatoms. The fraction of sp³-hybridized carbons (Fsp3) is 0.688. The maximum absolute atomic E-state index is 5.45. The lowest BCUT2D eigenvalue weighted by molar-refractivity contribution is 0.122. The van der Waals surface area contributed by atoms with Crippen LogP contribution >= 0.6 is 12.2 Å². The van der Waals surface area contributed by atoms with Gasteiger partial charge in [0.2, 0.25) is 5.95 Å². The predicted octanol–water partition coefficient (Wildman–Crippen LogP) is 1.61. The first-order valence-electron chi connectivity index (χ1n) is 8.66. The van der Waals surface area contributed by atoms with Crippen LogP contribution in [0.25, 0.3) is 0 Å². The van der Waals surface area contributed by atoms with Gasteiger partial charge < -0.3 is 25.2 Å². The molecule has 7 nitrogen and oxygen atoms in total. The van der Waals surface area contributed by atoms with Crippen LogP contribution in [0.4, 0.5) is 17.6 Å². The van der Waals surface area contributed by atoms with Crippen molar-refractivity contribution in [2.45, 2.75) is 32.7 Å². The van der Waals surface area contributed by atoms with Crippen molar-refractivity contribution in [3.63, 3.8) is 0 Å². The Morgan fingerprint density at radius 2 is 1.67 bits per heavy atom. The highest BCUT2D eigenvalue weighted by molar-refractivity contribution is 7.80. The molecule has 2 saturated heterocycles. The summed E-state index contributed by atoms with van der Waals surface area (Å²) in [5.74, 6) is 2.46. The molecule has 2 N–H and O–H groups in total. The molecule has 0 bridgehead atoms. The molecular weight excluding hydrogens is 324 g/mol. The molecule has 0 saturated carbocycles. The van der Waals surface area contributed by atoms with Crippen molar-refractivity contribution >= 4 is 34.9 Å². The van der Waals surface area contributed by atoms with E-state index in [2.05, 4.69) is 50.3 Å². The van der Waals surface area contributed by atoms with Crippen LogP contribution in [-0.2, 0) is 4.74 Å². The second-order valence-electron chi connectivity index (χ2n) is 6.45. The van der Waals surface area contributed by atoms with E-state index >= 15 is 0 Å². The Hall–Kier alpha value is -1.67. The van der Waals surface area contributed by atoms with Gasteiger partial charge in [-0.05, 0) is 38.9 Å². The molecule has 2 fully saturated rings. The average molecular weight is 350 g/mol. The zero-order valence-electron chi connectivity index (χ0n) is 14.4. The van der Waals surface area contributed by atoms with Gasteiger partial charge in [-0.1, -0.05) is 0 Å². The lowest BCUT2D eigenvalue weighted by Gasteiger charge is -2.29. The van der Waals surface area contributed by atoms with Crippen molar-refractivity contribution in [2.75, 3.05) is 54.5 Å². The van der Waals surface area contributed by atoms with Crippen LogP contribution in [0.2, 0.25) is 0 Å². The largest absolute Gasteiger partial charge is 0.378 e. The van der Waals surface area contributed by atoms with Gasteiger partial charge in [0.05, 0.1) is 13.2 Å². The van der Waals surface area contributed by atoms with Crippen molar-refractivity contribution in [3.05, 3.63) is 6.07 Å². The first kappa shape index (κ1) is 17.2. The molecule has 3 heterocycles. The first-order valence-corrected chi connectivity index (χ1v) is 9.07. The molecule has 3 rings (SSSR count). The van der Waals surface area contributed by atoms with Crippen LogP contribution in [0.5, 0.6) is 0 Å². The Morgan fingerprint density at radius 3 is 2.25 bits per heavy atom. The number of rotatable bonds is 4. The molecule has 0 unspecified atom stereocenters. The maximum Gasteiger partial charge on any atom is 0.232 e. The summed E-state index contributed by atoms with van der Waals surface area (Å²) >= 11 is 5.34. The van der Waals surface area contributed by atoms with E-state index in [1.165, 1.54) is 12.8 Å². The fourth-order valence-electron chi connectivity index (χ4n) is 2.94. The topological polar surface area (TPSA) is 65.6 Å². The monoisotopic (exact) mass is 350 g/mol. The number of thiocarbonyl (C=S) groups is 1. The van der Waals surface area contributed by atoms with Gasteiger partial charge in [0, 0.05) is 38.3 Å². The molecule has 1 aromatic rings. The van der Waals surface area contributed by atoms with Crippen molar-refractivity contribution in [2.24, 2.45) is 0 Å². The van der Waals surface area contributed by atoms with Gasteiger partial charge in [-0.2, -0.15) is 9.97 Å². The number of hydrogen-bond donors (Lipinski definition) is 2. The van der Waals surface area contributed by atoms with E-state index in [0.29, 0.717) is 11.1 Å². The minimum atomic E-state index is 0.269. The zero-order valence-corrected chi connectivity index (χ0v) is 15.2. The lowest BCUT2D eigenvalue weighted by atomic mass is 10.4. The summed E-state index contributed by atoms with van der Waals surface area (Å²) in [6.07, 6.45) is 2.43. The normalized spacial score (nSPS) is 18.1. The SMILES string of the molecule is CC(C)NC(=S)Nc1nc(N2CCCC2)cc(N2CCOCC2)n1. The molecule has 0 amide bonds. The summed E-state index contributed by atoms with van der Waals surface area (Å²) in [5, 5.41) is 6.85. The van der Waals surface area contributed by atoms with Crippen LogP contribution in [0.15, 0.2) is 6.07 Å². The number of anilines is 3. The highest BCUT2D eigenvalue weighted by Crippen LogP contribution is 2.24. The maximum atomic E-state index is 5.45. The molecule has 2 aliphatic rings. The van der Waals surface area contributed by atoms with Crippen molar-refractivity contribution in [1.82, 2.24) is 15.3 Å². The van der Waals surface area contributed by atoms with Crippen LogP contribution in [0, 0.1) is 0 Å². The Labute approximate surface area is 148 Å². The van der Waals surface area contributed by atoms with E-state index in [9.17, 15) is 0 Å². The second kappa shape index (κ2) is 7.94. The molecular formula is C16H26N6OS. The van der Waals surface area contributed by atoms with Crippen molar-refractivity contribution < 1.29 is 4.74 Å². The van der Waals surface area contributed by atoms with E-state index in [1.54, 1.807) is 0 Å². The van der Waals surface area contributed by atoms with Gasteiger partial charge in [-0.3, -0.25) is 0 Å². The van der Waals surface area contributed by atoms with Gasteiger partial charge in [0.15, 0.2) is 5.11 Å². The van der Waals surface area contributed by atoms with Gasteiger partial charge in [0.25, 0.3) is 0 Å². The summed E-state index contributed by atoms with van der Waals surface area (Å²) in [6, 6.07) is 2.35. The fourth-order valence-corrected chi connectivity index (χ4v) is 3.27. The quantitative estimate of drug-likeness (QED) is 0.794. The minimum Gasteiger partial charge on any atom is -0.378 e. The van der Waals surface area contributed by atoms with E-state index in [4.69, 9.17) is 17.0 Å². The van der Waals surface area contributed by atoms with Gasteiger partial charge in [-0.15, -0.1) is 0 Å². The highest BCUT2D eigenvalue weighted by Gasteiger charge is 2.20. The number of nitrogens with zero attached hydrogens (tertiary/aromatic N) is 4. The Balaban J connectivity index is 1.82. The van der Waals surface area contributed by atoms with Gasteiger partial charge in [-0.25, -0.2) is 0 Å². The van der Waals surface area contributed by atoms with Crippen LogP contribution in [0.1, 0.15) is 26.7 Å². The molecule has 132 valence electrons. The van der Waals surface area contributed by atoms with E-state index < -0.39 is 0 Å². The minimum absolute atomic E-state index is 0.269. The van der Waals surface area contributed by atoms with Crippen LogP contribution < -0.4 is 20.4 Å². The Morgan fingerprint density at radius 1 is 1.08 bits per heavy atom. The standard InChI is InChI=1S/C16H26N6OS/c1-12(2)17-16(24)20-15-18-13(21-5-3-4-6-21)11-14(19-15)22-7-9-23-10-8-22/h11-12H,3-10H2,1-2H3,(H2,17,18,19,20,24). The number of ether oxygens (including phenoxy) is 1. The summed E-state index contributed by atoms with van der Waals surface area (Å²) in [5.41, 5.74) is 0. The van der Waals surface area contributed by atoms with Gasteiger partial charge in [0.1, 0.15) is 11.6 Å². The van der Waals surface area contributed by atoms with E-state index in [0.717, 1.165) is 51.0 Å². The average Bonchev–Trinajstić information content (AvgIpc) is 3.09. The lowest BCUT2D eigenvalue weighted by Crippen LogP contribution is -2.38. The molecule has 0 atom stereocenters. The third kappa shape index (κ3) is 4.45. The van der Waals surface area contributed by atoms with E-state index in [1.807, 2.05) is 0 Å². The van der Waals surface area contributed by atoms with Crippen LogP contribution in [0.3, 0.4) is 0 Å². The van der Waals surface area contributed by atoms with E-state index in [-0.39, 0.29) is 6.04 Å².